The summed E-state index contributed by atoms with van der Waals surface area (Å²) in [5.74, 6) is 0. The Morgan fingerprint density at radius 3 is 2.60 bits per heavy atom. The van der Waals surface area contributed by atoms with E-state index in [4.69, 9.17) is 4.18 Å². The summed E-state index contributed by atoms with van der Waals surface area (Å²) in [6, 6.07) is 10.8. The van der Waals surface area contributed by atoms with Crippen molar-refractivity contribution < 1.29 is 25.9 Å². The van der Waals surface area contributed by atoms with Crippen LogP contribution in [0.4, 0.5) is 11.4 Å². The van der Waals surface area contributed by atoms with Gasteiger partial charge in [0.15, 0.2) is 0 Å². The van der Waals surface area contributed by atoms with Crippen molar-refractivity contribution in [3.8, 4) is 6.07 Å². The molecule has 14 heteroatoms. The maximum absolute atomic E-state index is 13.8. The first-order valence-corrected chi connectivity index (χ1v) is 14.8. The Morgan fingerprint density at radius 1 is 1.23 bits per heavy atom. The fourth-order valence-corrected chi connectivity index (χ4v) is 6.33. The standard InChI is InChI=1S/C21H23BrN4O7S2/c1-34(29,30)33-12-11-24(10-8-22)20-6-5-18(26(27)28)13-21(20)35(31,32)25-9-7-19-16(14-23)3-2-4-17(19)15-25/h2-6,13H,7-12,15H2,1H3. The lowest BCUT2D eigenvalue weighted by Crippen LogP contribution is -2.38. The SMILES string of the molecule is CS(=O)(=O)OCCN(CCBr)c1ccc([N+](=O)[O-])cc1S(=O)(=O)N1CCc2c(C#N)cccc2C1. The molecule has 0 fully saturated rings. The number of alkyl halides is 1. The van der Waals surface area contributed by atoms with Crippen LogP contribution in [-0.4, -0.2) is 63.9 Å². The number of nitrogens with zero attached hydrogens (tertiary/aromatic N) is 4. The molecule has 0 unspecified atom stereocenters. The number of benzene rings is 2. The molecule has 0 aromatic heterocycles. The predicted molar refractivity (Wildman–Crippen MR) is 132 cm³/mol. The van der Waals surface area contributed by atoms with E-state index in [1.54, 1.807) is 23.1 Å². The van der Waals surface area contributed by atoms with Crippen LogP contribution >= 0.6 is 15.9 Å². The smallest absolute Gasteiger partial charge is 0.270 e. The van der Waals surface area contributed by atoms with Gasteiger partial charge >= 0.3 is 0 Å². The number of nitro benzene ring substituents is 1. The average Bonchev–Trinajstić information content (AvgIpc) is 2.81. The molecule has 11 nitrogen and oxygen atoms in total. The number of halogens is 1. The maximum atomic E-state index is 13.8. The Hall–Kier alpha value is -2.57. The monoisotopic (exact) mass is 586 g/mol. The minimum atomic E-state index is -4.20. The third-order valence-corrected chi connectivity index (χ3v) is 8.30. The van der Waals surface area contributed by atoms with Gasteiger partial charge in [0.25, 0.3) is 15.8 Å². The van der Waals surface area contributed by atoms with Gasteiger partial charge < -0.3 is 4.90 Å². The molecule has 1 heterocycles. The van der Waals surface area contributed by atoms with Gasteiger partial charge in [-0.1, -0.05) is 28.1 Å². The Labute approximate surface area is 212 Å². The number of rotatable bonds is 10. The molecule has 0 bridgehead atoms. The van der Waals surface area contributed by atoms with Crippen LogP contribution < -0.4 is 4.90 Å². The molecule has 1 aliphatic heterocycles. The minimum absolute atomic E-state index is 0.0188. The van der Waals surface area contributed by atoms with Crippen molar-refractivity contribution in [3.63, 3.8) is 0 Å². The van der Waals surface area contributed by atoms with Crippen molar-refractivity contribution in [2.75, 3.05) is 42.7 Å². The number of anilines is 1. The summed E-state index contributed by atoms with van der Waals surface area (Å²) in [7, 11) is -7.90. The zero-order chi connectivity index (χ0) is 25.8. The molecular weight excluding hydrogens is 564 g/mol. The van der Waals surface area contributed by atoms with Gasteiger partial charge in [0.1, 0.15) is 4.90 Å². The first-order valence-electron chi connectivity index (χ1n) is 10.4. The molecule has 0 saturated carbocycles. The summed E-state index contributed by atoms with van der Waals surface area (Å²) in [6.07, 6.45) is 1.24. The summed E-state index contributed by atoms with van der Waals surface area (Å²) in [6.45, 7) is 0.224. The van der Waals surface area contributed by atoms with Crippen molar-refractivity contribution in [2.24, 2.45) is 0 Å². The van der Waals surface area contributed by atoms with Crippen molar-refractivity contribution in [3.05, 3.63) is 63.2 Å². The average molecular weight is 587 g/mol. The van der Waals surface area contributed by atoms with Crippen LogP contribution in [0.25, 0.3) is 0 Å². The number of nitro groups is 1. The van der Waals surface area contributed by atoms with Gasteiger partial charge in [-0.05, 0) is 29.7 Å². The quantitative estimate of drug-likeness (QED) is 0.177. The number of nitriles is 1. The van der Waals surface area contributed by atoms with Gasteiger partial charge in [-0.3, -0.25) is 14.3 Å². The van der Waals surface area contributed by atoms with E-state index in [0.717, 1.165) is 17.9 Å². The lowest BCUT2D eigenvalue weighted by atomic mass is 9.96. The molecule has 0 saturated heterocycles. The summed E-state index contributed by atoms with van der Waals surface area (Å²) < 4.78 is 56.3. The molecular formula is C21H23BrN4O7S2. The minimum Gasteiger partial charge on any atom is -0.367 e. The molecule has 0 aliphatic carbocycles. The van der Waals surface area contributed by atoms with Gasteiger partial charge in [-0.25, -0.2) is 8.42 Å². The summed E-state index contributed by atoms with van der Waals surface area (Å²) in [4.78, 5) is 12.1. The van der Waals surface area contributed by atoms with Crippen molar-refractivity contribution in [2.45, 2.75) is 17.9 Å². The normalized spacial score (nSPS) is 14.2. The van der Waals surface area contributed by atoms with E-state index in [1.165, 1.54) is 16.4 Å². The van der Waals surface area contributed by atoms with Crippen LogP contribution in [-0.2, 0) is 37.3 Å². The summed E-state index contributed by atoms with van der Waals surface area (Å²) in [5.41, 5.74) is 1.79. The Kier molecular flexibility index (Phi) is 8.50. The van der Waals surface area contributed by atoms with E-state index < -0.39 is 25.1 Å². The van der Waals surface area contributed by atoms with Crippen molar-refractivity contribution >= 4 is 47.4 Å². The fourth-order valence-electron chi connectivity index (χ4n) is 3.87. The number of fused-ring (bicyclic) bond motifs is 1. The predicted octanol–water partition coefficient (Wildman–Crippen LogP) is 2.39. The van der Waals surface area contributed by atoms with E-state index in [9.17, 15) is 32.2 Å². The van der Waals surface area contributed by atoms with Gasteiger partial charge in [0.05, 0.1) is 35.1 Å². The molecule has 0 N–H and O–H groups in total. The third kappa shape index (κ3) is 6.36. The highest BCUT2D eigenvalue weighted by Gasteiger charge is 2.33. The Balaban J connectivity index is 2.03. The highest BCUT2D eigenvalue weighted by molar-refractivity contribution is 9.09. The van der Waals surface area contributed by atoms with Crippen LogP contribution in [0.3, 0.4) is 0 Å². The Bertz CT molecular complexity index is 1370. The third-order valence-electron chi connectivity index (χ3n) is 5.48. The molecule has 3 rings (SSSR count). The molecule has 0 radical (unpaired) electrons. The zero-order valence-electron chi connectivity index (χ0n) is 18.8. The Morgan fingerprint density at radius 2 is 1.97 bits per heavy atom. The van der Waals surface area contributed by atoms with Gasteiger partial charge in [-0.2, -0.15) is 18.0 Å². The van der Waals surface area contributed by atoms with Crippen LogP contribution in [0.2, 0.25) is 0 Å². The van der Waals surface area contributed by atoms with Gasteiger partial charge in [0.2, 0.25) is 10.0 Å². The second kappa shape index (κ2) is 11.0. The van der Waals surface area contributed by atoms with Crippen molar-refractivity contribution in [1.29, 1.82) is 5.26 Å². The molecule has 0 amide bonds. The largest absolute Gasteiger partial charge is 0.367 e. The van der Waals surface area contributed by atoms with Gasteiger partial charge in [-0.15, -0.1) is 0 Å². The second-order valence-electron chi connectivity index (χ2n) is 7.75. The summed E-state index contributed by atoms with van der Waals surface area (Å²) >= 11 is 3.30. The van der Waals surface area contributed by atoms with E-state index in [-0.39, 0.29) is 42.5 Å². The molecule has 188 valence electrons. The highest BCUT2D eigenvalue weighted by Crippen LogP contribution is 2.34. The molecule has 2 aromatic rings. The first kappa shape index (κ1) is 27.0. The number of sulfonamides is 1. The maximum Gasteiger partial charge on any atom is 0.270 e. The number of hydrogen-bond acceptors (Lipinski definition) is 9. The van der Waals surface area contributed by atoms with Crippen LogP contribution in [0, 0.1) is 21.4 Å². The van der Waals surface area contributed by atoms with Gasteiger partial charge in [0, 0.05) is 43.6 Å². The van der Waals surface area contributed by atoms with Crippen LogP contribution in [0.15, 0.2) is 41.3 Å². The number of hydrogen-bond donors (Lipinski definition) is 0. The van der Waals surface area contributed by atoms with E-state index in [1.807, 2.05) is 0 Å². The van der Waals surface area contributed by atoms with E-state index >= 15 is 0 Å². The molecule has 0 atom stereocenters. The van der Waals surface area contributed by atoms with E-state index in [0.29, 0.717) is 29.4 Å². The lowest BCUT2D eigenvalue weighted by molar-refractivity contribution is -0.385. The lowest BCUT2D eigenvalue weighted by Gasteiger charge is -2.31. The molecule has 0 spiro atoms. The molecule has 35 heavy (non-hydrogen) atoms. The second-order valence-corrected chi connectivity index (χ2v) is 12.1. The van der Waals surface area contributed by atoms with E-state index in [2.05, 4.69) is 22.0 Å². The molecule has 1 aliphatic rings. The number of non-ortho nitro benzene ring substituents is 1. The zero-order valence-corrected chi connectivity index (χ0v) is 22.0. The first-order chi connectivity index (χ1) is 16.5. The van der Waals surface area contributed by atoms with Crippen molar-refractivity contribution in [1.82, 2.24) is 4.31 Å². The van der Waals surface area contributed by atoms with Crippen LogP contribution in [0.5, 0.6) is 0 Å². The molecule has 2 aromatic carbocycles. The summed E-state index contributed by atoms with van der Waals surface area (Å²) in [5, 5.41) is 21.2. The highest BCUT2D eigenvalue weighted by atomic mass is 79.9. The topological polar surface area (TPSA) is 151 Å². The fraction of sp³-hybridized carbons (Fsp3) is 0.381. The van der Waals surface area contributed by atoms with Crippen LogP contribution in [0.1, 0.15) is 16.7 Å².